The first kappa shape index (κ1) is 15.4. The van der Waals surface area contributed by atoms with Crippen molar-refractivity contribution in [3.05, 3.63) is 58.9 Å². The van der Waals surface area contributed by atoms with Crippen LogP contribution in [0.4, 0.5) is 8.78 Å². The molecule has 0 bridgehead atoms. The molecule has 1 aromatic heterocycles. The first-order valence-corrected chi connectivity index (χ1v) is 7.43. The van der Waals surface area contributed by atoms with Gasteiger partial charge in [-0.1, -0.05) is 0 Å². The van der Waals surface area contributed by atoms with Crippen LogP contribution in [-0.2, 0) is 17.6 Å². The molecule has 1 amide bonds. The summed E-state index contributed by atoms with van der Waals surface area (Å²) in [7, 11) is 0. The highest BCUT2D eigenvalue weighted by molar-refractivity contribution is 5.79. The molecule has 2 N–H and O–H groups in total. The van der Waals surface area contributed by atoms with Crippen molar-refractivity contribution in [3.63, 3.8) is 0 Å². The van der Waals surface area contributed by atoms with Gasteiger partial charge in [-0.05, 0) is 48.1 Å². The molecule has 0 fully saturated rings. The number of hydrogen-bond donors (Lipinski definition) is 2. The van der Waals surface area contributed by atoms with Gasteiger partial charge in [0.15, 0.2) is 0 Å². The first-order valence-electron chi connectivity index (χ1n) is 7.43. The van der Waals surface area contributed by atoms with Crippen LogP contribution in [0.5, 0.6) is 5.75 Å². The molecule has 1 atom stereocenters. The highest BCUT2D eigenvalue weighted by atomic mass is 19.1. The minimum atomic E-state index is -0.639. The second-order valence-electron chi connectivity index (χ2n) is 5.70. The van der Waals surface area contributed by atoms with Gasteiger partial charge < -0.3 is 10.4 Å². The Kier molecular flexibility index (Phi) is 4.23. The summed E-state index contributed by atoms with van der Waals surface area (Å²) in [5.74, 6) is -1.49. The Morgan fingerprint density at radius 2 is 2.13 bits per heavy atom. The van der Waals surface area contributed by atoms with Crippen molar-refractivity contribution in [3.8, 4) is 5.75 Å². The summed E-state index contributed by atoms with van der Waals surface area (Å²) in [4.78, 5) is 16.0. The van der Waals surface area contributed by atoms with Crippen LogP contribution in [0, 0.1) is 11.6 Å². The second-order valence-corrected chi connectivity index (χ2v) is 5.70. The maximum atomic E-state index is 13.8. The van der Waals surface area contributed by atoms with E-state index in [9.17, 15) is 18.7 Å². The number of benzene rings is 1. The third-order valence-corrected chi connectivity index (χ3v) is 3.97. The smallest absolute Gasteiger partial charge is 0.224 e. The van der Waals surface area contributed by atoms with E-state index in [1.807, 2.05) is 0 Å². The molecule has 120 valence electrons. The Hall–Kier alpha value is -2.50. The number of aromatic hydroxyl groups is 1. The number of pyridine rings is 1. The lowest BCUT2D eigenvalue weighted by Crippen LogP contribution is -2.32. The molecule has 1 aliphatic rings. The van der Waals surface area contributed by atoms with Crippen LogP contribution >= 0.6 is 0 Å². The zero-order valence-electron chi connectivity index (χ0n) is 12.4. The van der Waals surface area contributed by atoms with Gasteiger partial charge in [0, 0.05) is 12.3 Å². The van der Waals surface area contributed by atoms with Gasteiger partial charge in [-0.3, -0.25) is 9.78 Å². The average molecular weight is 318 g/mol. The number of hydrogen-bond acceptors (Lipinski definition) is 3. The van der Waals surface area contributed by atoms with Gasteiger partial charge >= 0.3 is 0 Å². The van der Waals surface area contributed by atoms with E-state index in [0.29, 0.717) is 29.5 Å². The van der Waals surface area contributed by atoms with Gasteiger partial charge in [0.1, 0.15) is 17.4 Å². The molecule has 0 radical (unpaired) electrons. The fourth-order valence-corrected chi connectivity index (χ4v) is 2.99. The Balaban J connectivity index is 1.75. The van der Waals surface area contributed by atoms with Crippen molar-refractivity contribution in [2.45, 2.75) is 31.7 Å². The van der Waals surface area contributed by atoms with Gasteiger partial charge in [0.2, 0.25) is 5.91 Å². The van der Waals surface area contributed by atoms with Crippen molar-refractivity contribution in [2.75, 3.05) is 0 Å². The van der Waals surface area contributed by atoms with E-state index >= 15 is 0 Å². The van der Waals surface area contributed by atoms with Crippen molar-refractivity contribution in [2.24, 2.45) is 0 Å². The molecule has 1 heterocycles. The summed E-state index contributed by atoms with van der Waals surface area (Å²) in [6.07, 6.45) is 4.74. The van der Waals surface area contributed by atoms with E-state index in [1.54, 1.807) is 0 Å². The van der Waals surface area contributed by atoms with Crippen LogP contribution in [-0.4, -0.2) is 16.0 Å². The molecule has 0 saturated carbocycles. The Morgan fingerprint density at radius 3 is 2.91 bits per heavy atom. The summed E-state index contributed by atoms with van der Waals surface area (Å²) in [5.41, 5.74) is 1.56. The molecule has 2 aromatic rings. The molecule has 1 aromatic carbocycles. The average Bonchev–Trinajstić information content (AvgIpc) is 2.48. The zero-order valence-corrected chi connectivity index (χ0v) is 12.4. The molecular weight excluding hydrogens is 302 g/mol. The van der Waals surface area contributed by atoms with Gasteiger partial charge in [-0.2, -0.15) is 0 Å². The molecular formula is C17H16F2N2O2. The summed E-state index contributed by atoms with van der Waals surface area (Å²) in [6.45, 7) is 0. The fraction of sp³-hybridized carbons (Fsp3) is 0.294. The van der Waals surface area contributed by atoms with Crippen molar-refractivity contribution in [1.82, 2.24) is 10.3 Å². The molecule has 6 heteroatoms. The van der Waals surface area contributed by atoms with Crippen LogP contribution in [0.3, 0.4) is 0 Å². The van der Waals surface area contributed by atoms with Gasteiger partial charge in [0.25, 0.3) is 0 Å². The molecule has 4 nitrogen and oxygen atoms in total. The minimum absolute atomic E-state index is 0.0116. The predicted molar refractivity (Wildman–Crippen MR) is 79.8 cm³/mol. The number of halogens is 2. The SMILES string of the molecule is O=C(Cc1cncc(O)c1)N[C@@H]1CCCc2c(F)cc(F)cc21. The normalized spacial score (nSPS) is 16.7. The van der Waals surface area contributed by atoms with Gasteiger partial charge in [-0.15, -0.1) is 0 Å². The second kappa shape index (κ2) is 6.32. The molecule has 0 unspecified atom stereocenters. The summed E-state index contributed by atoms with van der Waals surface area (Å²) >= 11 is 0. The number of nitrogens with one attached hydrogen (secondary N) is 1. The van der Waals surface area contributed by atoms with E-state index in [4.69, 9.17) is 0 Å². The van der Waals surface area contributed by atoms with Crippen molar-refractivity contribution < 1.29 is 18.7 Å². The number of nitrogens with zero attached hydrogens (tertiary/aromatic N) is 1. The zero-order chi connectivity index (χ0) is 16.4. The first-order chi connectivity index (χ1) is 11.0. The Bertz CT molecular complexity index is 749. The lowest BCUT2D eigenvalue weighted by molar-refractivity contribution is -0.121. The number of amides is 1. The lowest BCUT2D eigenvalue weighted by Gasteiger charge is -2.27. The molecule has 1 aliphatic carbocycles. The van der Waals surface area contributed by atoms with Gasteiger partial charge in [-0.25, -0.2) is 8.78 Å². The van der Waals surface area contributed by atoms with E-state index in [2.05, 4.69) is 10.3 Å². The standard InChI is InChI=1S/C17H16F2N2O2/c18-11-6-14-13(15(19)7-11)2-1-3-16(14)21-17(23)5-10-4-12(22)9-20-8-10/h4,6-9,16,22H,1-3,5H2,(H,21,23)/t16-/m1/s1. The molecule has 0 aliphatic heterocycles. The molecule has 23 heavy (non-hydrogen) atoms. The topological polar surface area (TPSA) is 62.2 Å². The molecule has 3 rings (SSSR count). The highest BCUT2D eigenvalue weighted by Gasteiger charge is 2.25. The maximum absolute atomic E-state index is 13.8. The van der Waals surface area contributed by atoms with E-state index < -0.39 is 17.7 Å². The number of rotatable bonds is 3. The van der Waals surface area contributed by atoms with E-state index in [1.165, 1.54) is 24.5 Å². The predicted octanol–water partition coefficient (Wildman–Crippen LogP) is 2.80. The van der Waals surface area contributed by atoms with E-state index in [0.717, 1.165) is 12.5 Å². The molecule has 0 saturated heterocycles. The maximum Gasteiger partial charge on any atom is 0.224 e. The van der Waals surface area contributed by atoms with Crippen LogP contribution < -0.4 is 5.32 Å². The monoisotopic (exact) mass is 318 g/mol. The number of aromatic nitrogens is 1. The van der Waals surface area contributed by atoms with Crippen LogP contribution in [0.1, 0.15) is 35.6 Å². The van der Waals surface area contributed by atoms with Crippen LogP contribution in [0.2, 0.25) is 0 Å². The fourth-order valence-electron chi connectivity index (χ4n) is 2.99. The number of carbonyl (C=O) groups excluding carboxylic acids is 1. The third kappa shape index (κ3) is 3.47. The third-order valence-electron chi connectivity index (χ3n) is 3.97. The Morgan fingerprint density at radius 1 is 1.30 bits per heavy atom. The quantitative estimate of drug-likeness (QED) is 0.915. The minimum Gasteiger partial charge on any atom is -0.506 e. The summed E-state index contributed by atoms with van der Waals surface area (Å²) < 4.78 is 27.3. The summed E-state index contributed by atoms with van der Waals surface area (Å²) in [5, 5.41) is 12.2. The highest BCUT2D eigenvalue weighted by Crippen LogP contribution is 2.32. The van der Waals surface area contributed by atoms with Gasteiger partial charge in [0.05, 0.1) is 18.7 Å². The number of carbonyl (C=O) groups is 1. The number of fused-ring (bicyclic) bond motifs is 1. The van der Waals surface area contributed by atoms with Crippen LogP contribution in [0.25, 0.3) is 0 Å². The van der Waals surface area contributed by atoms with Crippen LogP contribution in [0.15, 0.2) is 30.6 Å². The van der Waals surface area contributed by atoms with Crippen molar-refractivity contribution in [1.29, 1.82) is 0 Å². The summed E-state index contributed by atoms with van der Waals surface area (Å²) in [6, 6.07) is 3.22. The Labute approximate surface area is 132 Å². The lowest BCUT2D eigenvalue weighted by atomic mass is 9.87. The van der Waals surface area contributed by atoms with E-state index in [-0.39, 0.29) is 18.1 Å². The van der Waals surface area contributed by atoms with Crippen molar-refractivity contribution >= 4 is 5.91 Å². The molecule has 0 spiro atoms. The largest absolute Gasteiger partial charge is 0.506 e.